The first-order chi connectivity index (χ1) is 8.78. The van der Waals surface area contributed by atoms with Crippen LogP contribution in [0.4, 0.5) is 0 Å². The minimum absolute atomic E-state index is 0.400. The van der Waals surface area contributed by atoms with Crippen LogP contribution < -0.4 is 10.5 Å². The van der Waals surface area contributed by atoms with Gasteiger partial charge in [0.2, 0.25) is 5.88 Å². The monoisotopic (exact) mass is 371 g/mol. The maximum Gasteiger partial charge on any atom is 0.243 e. The van der Waals surface area contributed by atoms with E-state index in [0.717, 1.165) is 16.4 Å². The molecule has 0 spiro atoms. The van der Waals surface area contributed by atoms with Gasteiger partial charge in [0.15, 0.2) is 4.96 Å². The van der Waals surface area contributed by atoms with E-state index >= 15 is 0 Å². The summed E-state index contributed by atoms with van der Waals surface area (Å²) in [5.41, 5.74) is 6.65. The van der Waals surface area contributed by atoms with E-state index in [-0.39, 0.29) is 0 Å². The third-order valence-electron chi connectivity index (χ3n) is 2.55. The number of nitrogens with zero attached hydrogens (tertiary/aromatic N) is 2. The summed E-state index contributed by atoms with van der Waals surface area (Å²) in [4.78, 5) is 5.34. The molecule has 1 aromatic carbocycles. The van der Waals surface area contributed by atoms with Crippen LogP contribution in [0.1, 0.15) is 5.69 Å². The van der Waals surface area contributed by atoms with Gasteiger partial charge in [-0.1, -0.05) is 0 Å². The molecule has 0 saturated heterocycles. The predicted octanol–water partition coefficient (Wildman–Crippen LogP) is 3.25. The van der Waals surface area contributed by atoms with Gasteiger partial charge in [-0.05, 0) is 46.9 Å². The lowest BCUT2D eigenvalue weighted by Gasteiger charge is -2.04. The molecule has 0 bridgehead atoms. The molecule has 2 aromatic heterocycles. The average molecular weight is 371 g/mol. The number of rotatable bonds is 3. The van der Waals surface area contributed by atoms with Gasteiger partial charge in [-0.15, -0.1) is 11.3 Å². The molecule has 6 heteroatoms. The number of hydrogen-bond donors (Lipinski definition) is 1. The van der Waals surface area contributed by atoms with Crippen molar-refractivity contribution in [2.24, 2.45) is 5.73 Å². The zero-order chi connectivity index (χ0) is 12.5. The Hall–Kier alpha value is -1.12. The zero-order valence-corrected chi connectivity index (χ0v) is 12.3. The Morgan fingerprint density at radius 2 is 2.11 bits per heavy atom. The summed E-state index contributed by atoms with van der Waals surface area (Å²) in [6, 6.07) is 7.85. The van der Waals surface area contributed by atoms with Gasteiger partial charge in [-0.2, -0.15) is 4.98 Å². The zero-order valence-electron chi connectivity index (χ0n) is 9.34. The van der Waals surface area contributed by atoms with Gasteiger partial charge in [0, 0.05) is 21.7 Å². The minimum Gasteiger partial charge on any atom is -0.437 e. The first-order valence-electron chi connectivity index (χ1n) is 5.36. The SMILES string of the molecule is NCc1c(Oc2ccc(I)cc2)nc2sccn12. The van der Waals surface area contributed by atoms with Crippen molar-refractivity contribution in [2.75, 3.05) is 0 Å². The first kappa shape index (κ1) is 11.9. The third-order valence-corrected chi connectivity index (χ3v) is 4.02. The molecule has 0 unspecified atom stereocenters. The van der Waals surface area contributed by atoms with Crippen LogP contribution in [0.5, 0.6) is 11.6 Å². The van der Waals surface area contributed by atoms with E-state index in [4.69, 9.17) is 10.5 Å². The summed E-state index contributed by atoms with van der Waals surface area (Å²) < 4.78 is 8.93. The van der Waals surface area contributed by atoms with E-state index in [2.05, 4.69) is 27.6 Å². The van der Waals surface area contributed by atoms with Crippen LogP contribution in [0, 0.1) is 3.57 Å². The van der Waals surface area contributed by atoms with E-state index in [1.165, 1.54) is 3.57 Å². The van der Waals surface area contributed by atoms with Gasteiger partial charge < -0.3 is 10.5 Å². The number of aromatic nitrogens is 2. The molecule has 18 heavy (non-hydrogen) atoms. The Balaban J connectivity index is 1.98. The van der Waals surface area contributed by atoms with E-state index < -0.39 is 0 Å². The number of fused-ring (bicyclic) bond motifs is 1. The summed E-state index contributed by atoms with van der Waals surface area (Å²) in [6.45, 7) is 0.400. The van der Waals surface area contributed by atoms with Gasteiger partial charge >= 0.3 is 0 Å². The van der Waals surface area contributed by atoms with Crippen molar-refractivity contribution in [3.05, 3.63) is 45.1 Å². The second-order valence-corrected chi connectivity index (χ2v) is 5.80. The van der Waals surface area contributed by atoms with Crippen molar-refractivity contribution in [2.45, 2.75) is 6.54 Å². The summed E-state index contributed by atoms with van der Waals surface area (Å²) in [5.74, 6) is 1.36. The molecule has 0 aliphatic heterocycles. The van der Waals surface area contributed by atoms with Crippen LogP contribution in [0.15, 0.2) is 35.8 Å². The van der Waals surface area contributed by atoms with Crippen molar-refractivity contribution in [1.82, 2.24) is 9.38 Å². The molecule has 4 nitrogen and oxygen atoms in total. The lowest BCUT2D eigenvalue weighted by molar-refractivity contribution is 0.459. The number of benzene rings is 1. The molecule has 0 atom stereocenters. The Labute approximate surface area is 122 Å². The van der Waals surface area contributed by atoms with Gasteiger partial charge in [0.1, 0.15) is 11.4 Å². The molecule has 3 rings (SSSR count). The highest BCUT2D eigenvalue weighted by Gasteiger charge is 2.13. The number of thiazole rings is 1. The van der Waals surface area contributed by atoms with Crippen LogP contribution in [0.2, 0.25) is 0 Å². The maximum absolute atomic E-state index is 5.79. The maximum atomic E-state index is 5.79. The number of imidazole rings is 1. The molecular formula is C12H10IN3OS. The van der Waals surface area contributed by atoms with Gasteiger partial charge in [-0.25, -0.2) is 0 Å². The molecule has 2 heterocycles. The molecule has 0 fully saturated rings. The number of halogens is 1. The van der Waals surface area contributed by atoms with Gasteiger partial charge in [0.05, 0.1) is 0 Å². The largest absolute Gasteiger partial charge is 0.437 e. The molecule has 92 valence electrons. The lowest BCUT2D eigenvalue weighted by Crippen LogP contribution is -2.01. The Morgan fingerprint density at radius 1 is 1.33 bits per heavy atom. The Morgan fingerprint density at radius 3 is 2.83 bits per heavy atom. The quantitative estimate of drug-likeness (QED) is 0.720. The van der Waals surface area contributed by atoms with Gasteiger partial charge in [-0.3, -0.25) is 4.40 Å². The molecule has 0 amide bonds. The van der Waals surface area contributed by atoms with Crippen LogP contribution in [-0.4, -0.2) is 9.38 Å². The highest BCUT2D eigenvalue weighted by Crippen LogP contribution is 2.27. The fraction of sp³-hybridized carbons (Fsp3) is 0.0833. The Kier molecular flexibility index (Phi) is 3.23. The number of nitrogens with two attached hydrogens (primary N) is 1. The van der Waals surface area contributed by atoms with Crippen molar-refractivity contribution in [1.29, 1.82) is 0 Å². The minimum atomic E-state index is 0.400. The summed E-state index contributed by atoms with van der Waals surface area (Å²) >= 11 is 3.82. The number of ether oxygens (including phenoxy) is 1. The molecule has 2 N–H and O–H groups in total. The highest BCUT2D eigenvalue weighted by atomic mass is 127. The van der Waals surface area contributed by atoms with E-state index in [1.54, 1.807) is 11.3 Å². The number of hydrogen-bond acceptors (Lipinski definition) is 4. The van der Waals surface area contributed by atoms with E-state index in [0.29, 0.717) is 12.4 Å². The summed E-state index contributed by atoms with van der Waals surface area (Å²) in [6.07, 6.45) is 1.95. The fourth-order valence-corrected chi connectivity index (χ4v) is 2.78. The first-order valence-corrected chi connectivity index (χ1v) is 7.31. The highest BCUT2D eigenvalue weighted by molar-refractivity contribution is 14.1. The average Bonchev–Trinajstić information content (AvgIpc) is 2.92. The van der Waals surface area contributed by atoms with Crippen molar-refractivity contribution in [3.8, 4) is 11.6 Å². The van der Waals surface area contributed by atoms with Crippen LogP contribution >= 0.6 is 33.9 Å². The van der Waals surface area contributed by atoms with Crippen molar-refractivity contribution >= 4 is 38.9 Å². The molecule has 0 radical (unpaired) electrons. The van der Waals surface area contributed by atoms with E-state index in [1.807, 2.05) is 40.2 Å². The summed E-state index contributed by atoms with van der Waals surface area (Å²) in [7, 11) is 0. The third kappa shape index (κ3) is 2.11. The molecular weight excluding hydrogens is 361 g/mol. The molecule has 0 saturated carbocycles. The second kappa shape index (κ2) is 4.87. The smallest absolute Gasteiger partial charge is 0.243 e. The standard InChI is InChI=1S/C12H10IN3OS/c13-8-1-3-9(4-2-8)17-11-10(7-14)16-5-6-18-12(16)15-11/h1-6H,7,14H2. The molecule has 0 aliphatic rings. The van der Waals surface area contributed by atoms with E-state index in [9.17, 15) is 0 Å². The lowest BCUT2D eigenvalue weighted by atomic mass is 10.3. The van der Waals surface area contributed by atoms with Gasteiger partial charge in [0.25, 0.3) is 0 Å². The molecule has 3 aromatic rings. The van der Waals surface area contributed by atoms with Crippen molar-refractivity contribution in [3.63, 3.8) is 0 Å². The van der Waals surface area contributed by atoms with Crippen molar-refractivity contribution < 1.29 is 4.74 Å². The van der Waals surface area contributed by atoms with Crippen LogP contribution in [0.3, 0.4) is 0 Å². The predicted molar refractivity (Wildman–Crippen MR) is 80.2 cm³/mol. The van der Waals surface area contributed by atoms with Crippen LogP contribution in [0.25, 0.3) is 4.96 Å². The normalized spacial score (nSPS) is 11.0. The molecule has 0 aliphatic carbocycles. The second-order valence-electron chi connectivity index (χ2n) is 3.68. The topological polar surface area (TPSA) is 52.5 Å². The fourth-order valence-electron chi connectivity index (χ4n) is 1.69. The Bertz CT molecular complexity index is 674. The summed E-state index contributed by atoms with van der Waals surface area (Å²) in [5, 5.41) is 1.98. The van der Waals surface area contributed by atoms with Crippen LogP contribution in [-0.2, 0) is 6.54 Å².